The second-order valence-corrected chi connectivity index (χ2v) is 22.7. The summed E-state index contributed by atoms with van der Waals surface area (Å²) in [6.45, 7) is 4.58. The Morgan fingerprint density at radius 3 is 1.16 bits per heavy atom. The predicted molar refractivity (Wildman–Crippen MR) is 265 cm³/mol. The number of benzene rings is 5. The van der Waals surface area contributed by atoms with Gasteiger partial charge in [-0.05, 0) is 104 Å². The summed E-state index contributed by atoms with van der Waals surface area (Å²) in [5.41, 5.74) is 5.37. The third-order valence-corrected chi connectivity index (χ3v) is 20.0. The molecule has 0 fully saturated rings. The van der Waals surface area contributed by atoms with Crippen molar-refractivity contribution in [2.45, 2.75) is 104 Å². The standard InChI is InChI=1S/C50H52Br4P2/c1-3-5-7-9-11-13-19-35-25-29-37(30-26-35)55-45-23-17-15-21-39(45)47(53)49(55)41-33-44(52)42(34-43(41)51)50-48(54)40-22-16-18-24-46(40)56(50)38-31-27-36(28-32-38)20-14-12-10-8-6-4-2/h15-18,21-34H,3-14,19-20H2,1-2H3. The molecule has 0 saturated carbocycles. The zero-order valence-electron chi connectivity index (χ0n) is 32.7. The number of hydrogen-bond donors (Lipinski definition) is 0. The molecule has 5 aromatic carbocycles. The molecule has 0 aliphatic rings. The minimum Gasteiger partial charge on any atom is -0.0760 e. The van der Waals surface area contributed by atoms with Crippen LogP contribution in [0.25, 0.3) is 53.3 Å². The normalized spacial score (nSPS) is 12.3. The summed E-state index contributed by atoms with van der Waals surface area (Å²) in [6, 6.07) is 41.8. The Labute approximate surface area is 370 Å². The Hall–Kier alpha value is -1.90. The van der Waals surface area contributed by atoms with Gasteiger partial charge in [0, 0.05) is 60.6 Å². The van der Waals surface area contributed by atoms with E-state index >= 15 is 0 Å². The number of halogens is 4. The molecule has 2 unspecified atom stereocenters. The summed E-state index contributed by atoms with van der Waals surface area (Å²) in [6.07, 6.45) is 18.3. The van der Waals surface area contributed by atoms with Gasteiger partial charge in [0.1, 0.15) is 0 Å². The van der Waals surface area contributed by atoms with Crippen LogP contribution < -0.4 is 0 Å². The fourth-order valence-corrected chi connectivity index (χ4v) is 17.3. The third-order valence-electron chi connectivity index (χ3n) is 11.2. The summed E-state index contributed by atoms with van der Waals surface area (Å²) >= 11 is 16.6. The Kier molecular flexibility index (Phi) is 15.4. The Bertz CT molecular complexity index is 2210. The Morgan fingerprint density at radius 2 is 0.768 bits per heavy atom. The monoisotopic (exact) mass is 1030 g/mol. The maximum absolute atomic E-state index is 4.16. The average molecular weight is 1030 g/mol. The molecule has 7 aromatic rings. The van der Waals surface area contributed by atoms with Crippen molar-refractivity contribution in [3.63, 3.8) is 0 Å². The van der Waals surface area contributed by atoms with E-state index in [0.717, 1.165) is 21.8 Å². The SMILES string of the molecule is CCCCCCCCc1ccc(-p2c(-c3cc(Br)c(-c4c(Br)c5ccccc5p4-c4ccc(CCCCCCCC)cc4)cc3Br)c(Br)c3ccccc32)cc1. The molecule has 290 valence electrons. The summed E-state index contributed by atoms with van der Waals surface area (Å²) < 4.78 is 4.65. The summed E-state index contributed by atoms with van der Waals surface area (Å²) in [5, 5.41) is 11.0. The first-order valence-corrected chi connectivity index (χ1v) is 26.5. The molecule has 6 heteroatoms. The van der Waals surface area contributed by atoms with E-state index in [1.807, 2.05) is 0 Å². The maximum atomic E-state index is 4.16. The molecule has 7 rings (SSSR count). The van der Waals surface area contributed by atoms with Crippen molar-refractivity contribution in [1.29, 1.82) is 0 Å². The molecular formula is C50H52Br4P2. The highest BCUT2D eigenvalue weighted by atomic mass is 79.9. The third kappa shape index (κ3) is 9.43. The van der Waals surface area contributed by atoms with Gasteiger partial charge in [-0.1, -0.05) is 210 Å². The Morgan fingerprint density at radius 1 is 0.411 bits per heavy atom. The van der Waals surface area contributed by atoms with Gasteiger partial charge in [-0.25, -0.2) is 0 Å². The summed E-state index contributed by atoms with van der Waals surface area (Å²) in [4.78, 5) is 0. The largest absolute Gasteiger partial charge is 0.0760 e. The van der Waals surface area contributed by atoms with Crippen LogP contribution in [0.1, 0.15) is 102 Å². The van der Waals surface area contributed by atoms with Crippen LogP contribution in [0, 0.1) is 0 Å². The van der Waals surface area contributed by atoms with Gasteiger partial charge in [0.2, 0.25) is 0 Å². The first-order chi connectivity index (χ1) is 27.4. The van der Waals surface area contributed by atoms with E-state index in [-0.39, 0.29) is 0 Å². The molecule has 0 radical (unpaired) electrons. The van der Waals surface area contributed by atoms with E-state index in [9.17, 15) is 0 Å². The summed E-state index contributed by atoms with van der Waals surface area (Å²) in [5.74, 6) is 0. The molecule has 2 heterocycles. The van der Waals surface area contributed by atoms with Gasteiger partial charge >= 0.3 is 0 Å². The highest BCUT2D eigenvalue weighted by molar-refractivity contribution is 9.11. The predicted octanol–water partition coefficient (Wildman–Crippen LogP) is 20.1. The lowest BCUT2D eigenvalue weighted by Crippen LogP contribution is -1.87. The number of rotatable bonds is 18. The zero-order chi connectivity index (χ0) is 39.0. The fourth-order valence-electron chi connectivity index (χ4n) is 8.17. The molecule has 56 heavy (non-hydrogen) atoms. The van der Waals surface area contributed by atoms with Crippen molar-refractivity contribution in [2.75, 3.05) is 0 Å². The van der Waals surface area contributed by atoms with Crippen LogP contribution in [0.15, 0.2) is 127 Å². The number of fused-ring (bicyclic) bond motifs is 2. The first-order valence-electron chi connectivity index (χ1n) is 20.7. The minimum atomic E-state index is -0.758. The van der Waals surface area contributed by atoms with Crippen LogP contribution in [0.2, 0.25) is 0 Å². The highest BCUT2D eigenvalue weighted by Crippen LogP contribution is 2.64. The quantitative estimate of drug-likeness (QED) is 0.0752. The van der Waals surface area contributed by atoms with Crippen LogP contribution in [0.3, 0.4) is 0 Å². The second kappa shape index (κ2) is 20.4. The smallest absolute Gasteiger partial charge is 0.0379 e. The lowest BCUT2D eigenvalue weighted by molar-refractivity contribution is 0.607. The van der Waals surface area contributed by atoms with Gasteiger partial charge in [-0.3, -0.25) is 0 Å². The van der Waals surface area contributed by atoms with Crippen LogP contribution in [0.4, 0.5) is 0 Å². The fraction of sp³-hybridized carbons (Fsp3) is 0.320. The van der Waals surface area contributed by atoms with Crippen molar-refractivity contribution in [2.24, 2.45) is 0 Å². The molecule has 0 aliphatic carbocycles. The van der Waals surface area contributed by atoms with Gasteiger partial charge in [-0.2, -0.15) is 0 Å². The van der Waals surface area contributed by atoms with Gasteiger partial charge < -0.3 is 0 Å². The van der Waals surface area contributed by atoms with E-state index in [1.165, 1.54) is 150 Å². The van der Waals surface area contributed by atoms with Crippen molar-refractivity contribution in [3.05, 3.63) is 138 Å². The minimum absolute atomic E-state index is 0.758. The zero-order valence-corrected chi connectivity index (χ0v) is 40.8. The molecule has 0 spiro atoms. The molecule has 2 atom stereocenters. The van der Waals surface area contributed by atoms with Gasteiger partial charge in [0.15, 0.2) is 0 Å². The van der Waals surface area contributed by atoms with Crippen molar-refractivity contribution in [3.8, 4) is 32.3 Å². The van der Waals surface area contributed by atoms with E-state index in [1.54, 1.807) is 0 Å². The molecule has 0 nitrogen and oxygen atoms in total. The van der Waals surface area contributed by atoms with Crippen molar-refractivity contribution < 1.29 is 0 Å². The molecule has 0 N–H and O–H groups in total. The van der Waals surface area contributed by atoms with E-state index in [4.69, 9.17) is 0 Å². The maximum Gasteiger partial charge on any atom is 0.0379 e. The van der Waals surface area contributed by atoms with Gasteiger partial charge in [0.25, 0.3) is 0 Å². The van der Waals surface area contributed by atoms with Crippen LogP contribution in [-0.4, -0.2) is 0 Å². The molecule has 0 bridgehead atoms. The topological polar surface area (TPSA) is 0 Å². The molecule has 0 saturated heterocycles. The van der Waals surface area contributed by atoms with Gasteiger partial charge in [0.05, 0.1) is 0 Å². The highest BCUT2D eigenvalue weighted by Gasteiger charge is 2.25. The first kappa shape index (κ1) is 42.2. The van der Waals surface area contributed by atoms with Crippen LogP contribution in [-0.2, 0) is 12.8 Å². The van der Waals surface area contributed by atoms with Crippen molar-refractivity contribution >= 4 is 99.8 Å². The average Bonchev–Trinajstić information content (AvgIpc) is 3.69. The van der Waals surface area contributed by atoms with Crippen LogP contribution in [0.5, 0.6) is 0 Å². The number of unbranched alkanes of at least 4 members (excludes halogenated alkanes) is 10. The number of hydrogen-bond acceptors (Lipinski definition) is 0. The molecular weight excluding hydrogens is 982 g/mol. The van der Waals surface area contributed by atoms with Gasteiger partial charge in [-0.15, -0.1) is 0 Å². The van der Waals surface area contributed by atoms with Crippen molar-refractivity contribution in [1.82, 2.24) is 0 Å². The lowest BCUT2D eigenvalue weighted by atomic mass is 10.1. The van der Waals surface area contributed by atoms with Crippen LogP contribution >= 0.6 is 78.8 Å². The summed E-state index contributed by atoms with van der Waals surface area (Å²) in [7, 11) is -1.52. The molecule has 0 aliphatic heterocycles. The lowest BCUT2D eigenvalue weighted by Gasteiger charge is -2.16. The van der Waals surface area contributed by atoms with E-state index in [0.29, 0.717) is 0 Å². The second-order valence-electron chi connectivity index (χ2n) is 15.2. The number of aryl methyl sites for hydroxylation is 2. The molecule has 0 amide bonds. The van der Waals surface area contributed by atoms with E-state index < -0.39 is 15.1 Å². The van der Waals surface area contributed by atoms with E-state index in [2.05, 4.69) is 187 Å². The Balaban J connectivity index is 1.24. The molecule has 2 aromatic heterocycles.